The Morgan fingerprint density at radius 1 is 0.768 bits per heavy atom. The highest BCUT2D eigenvalue weighted by Crippen LogP contribution is 2.65. The van der Waals surface area contributed by atoms with Crippen LogP contribution in [0.5, 0.6) is 5.75 Å². The summed E-state index contributed by atoms with van der Waals surface area (Å²) in [5.74, 6) is 3.08. The number of benzene rings is 5. The van der Waals surface area contributed by atoms with Crippen LogP contribution in [0, 0.1) is 5.41 Å². The lowest BCUT2D eigenvalue weighted by Crippen LogP contribution is -2.38. The fourth-order valence-electron chi connectivity index (χ4n) is 10.3. The summed E-state index contributed by atoms with van der Waals surface area (Å²) in [6.07, 6.45) is 9.98. The SMILES string of the molecule is CCC1(CC)CCC2(CC1)c1cc(C(F)(F)F)ccc1-c1c2c2c(c3cc(SC)c(SC)cc13)OC(c1ccccc1)(c1ccc(N3CCSCC3)cc1)C=C2. The predicted octanol–water partition coefficient (Wildman–Crippen LogP) is 13.9. The molecule has 56 heavy (non-hydrogen) atoms. The minimum atomic E-state index is -4.43. The zero-order valence-corrected chi connectivity index (χ0v) is 35.0. The first-order valence-corrected chi connectivity index (χ1v) is 23.6. The van der Waals surface area contributed by atoms with E-state index in [9.17, 15) is 13.2 Å². The summed E-state index contributed by atoms with van der Waals surface area (Å²) in [6, 6.07) is 28.5. The average Bonchev–Trinajstić information content (AvgIpc) is 3.53. The van der Waals surface area contributed by atoms with Crippen LogP contribution >= 0.6 is 35.3 Å². The third-order valence-electron chi connectivity index (χ3n) is 13.7. The molecule has 2 nitrogen and oxygen atoms in total. The van der Waals surface area contributed by atoms with E-state index >= 15 is 0 Å². The van der Waals surface area contributed by atoms with Crippen molar-refractivity contribution >= 4 is 57.8 Å². The molecule has 1 saturated carbocycles. The highest BCUT2D eigenvalue weighted by Gasteiger charge is 2.52. The fraction of sp³-hybridized carbons (Fsp3) is 0.375. The summed E-state index contributed by atoms with van der Waals surface area (Å²) < 4.78 is 51.4. The molecule has 0 N–H and O–H groups in total. The van der Waals surface area contributed by atoms with Crippen LogP contribution < -0.4 is 9.64 Å². The number of ether oxygens (including phenoxy) is 1. The molecule has 0 aromatic heterocycles. The van der Waals surface area contributed by atoms with Crippen LogP contribution in [-0.4, -0.2) is 37.1 Å². The van der Waals surface area contributed by atoms with Gasteiger partial charge >= 0.3 is 6.18 Å². The summed E-state index contributed by atoms with van der Waals surface area (Å²) in [4.78, 5) is 4.78. The van der Waals surface area contributed by atoms with Gasteiger partial charge in [0, 0.05) is 67.6 Å². The second kappa shape index (κ2) is 14.4. The lowest BCUT2D eigenvalue weighted by Gasteiger charge is -2.47. The van der Waals surface area contributed by atoms with Crippen molar-refractivity contribution in [3.05, 3.63) is 124 Å². The zero-order chi connectivity index (χ0) is 38.9. The predicted molar refractivity (Wildman–Crippen MR) is 233 cm³/mol. The molecule has 5 aromatic rings. The number of hydrogen-bond donors (Lipinski definition) is 0. The van der Waals surface area contributed by atoms with Crippen LogP contribution in [0.1, 0.15) is 85.8 Å². The number of alkyl halides is 3. The number of nitrogens with zero attached hydrogens (tertiary/aromatic N) is 1. The highest BCUT2D eigenvalue weighted by atomic mass is 32.2. The molecule has 1 unspecified atom stereocenters. The number of halogens is 3. The van der Waals surface area contributed by atoms with Crippen molar-refractivity contribution in [2.45, 2.75) is 79.4 Å². The van der Waals surface area contributed by atoms with Gasteiger partial charge in [0.05, 0.1) is 5.56 Å². The Balaban J connectivity index is 1.32. The van der Waals surface area contributed by atoms with Gasteiger partial charge in [-0.1, -0.05) is 81.3 Å². The fourth-order valence-corrected chi connectivity index (χ4v) is 12.7. The van der Waals surface area contributed by atoms with E-state index < -0.39 is 22.8 Å². The Hall–Kier alpha value is -3.46. The Morgan fingerprint density at radius 3 is 2.04 bits per heavy atom. The molecule has 2 aliphatic carbocycles. The maximum absolute atomic E-state index is 14.6. The van der Waals surface area contributed by atoms with E-state index in [2.05, 4.69) is 104 Å². The molecule has 290 valence electrons. The number of anilines is 1. The Morgan fingerprint density at radius 2 is 1.41 bits per heavy atom. The van der Waals surface area contributed by atoms with Crippen molar-refractivity contribution in [3.63, 3.8) is 0 Å². The molecule has 1 saturated heterocycles. The maximum Gasteiger partial charge on any atom is 0.416 e. The Kier molecular flexibility index (Phi) is 9.81. The second-order valence-corrected chi connectivity index (χ2v) is 18.9. The summed E-state index contributed by atoms with van der Waals surface area (Å²) in [6.45, 7) is 6.63. The molecule has 2 fully saturated rings. The molecule has 2 heterocycles. The van der Waals surface area contributed by atoms with E-state index in [1.807, 2.05) is 17.8 Å². The van der Waals surface area contributed by atoms with Crippen molar-refractivity contribution < 1.29 is 17.9 Å². The van der Waals surface area contributed by atoms with Crippen LogP contribution in [-0.2, 0) is 17.2 Å². The standard InChI is InChI=1S/C48H48F3NOS3/c1-5-45(6-2)20-22-46(23-21-45)39-28-33(48(49,50)51)14-17-35(39)42-37-29-40(54-3)41(55-4)30-38(37)44-36(43(42)46)18-19-47(53-44,31-10-8-7-9-11-31)32-12-15-34(16-13-32)52-24-26-56-27-25-52/h7-19,28-30H,5-6,20-27H2,1-4H3. The summed E-state index contributed by atoms with van der Waals surface area (Å²) in [5.41, 5.74) is 6.44. The van der Waals surface area contributed by atoms with Crippen molar-refractivity contribution in [1.82, 2.24) is 0 Å². The third-order valence-corrected chi connectivity index (χ3v) is 16.3. The molecule has 4 aliphatic rings. The first-order valence-electron chi connectivity index (χ1n) is 20.0. The Labute approximate surface area is 342 Å². The van der Waals surface area contributed by atoms with Gasteiger partial charge in [0.15, 0.2) is 5.60 Å². The molecule has 1 atom stereocenters. The molecule has 2 aliphatic heterocycles. The van der Waals surface area contributed by atoms with E-state index in [1.165, 1.54) is 17.8 Å². The minimum absolute atomic E-state index is 0.194. The van der Waals surface area contributed by atoms with Gasteiger partial charge < -0.3 is 9.64 Å². The summed E-state index contributed by atoms with van der Waals surface area (Å²) >= 11 is 5.44. The van der Waals surface area contributed by atoms with Crippen LogP contribution in [0.4, 0.5) is 18.9 Å². The second-order valence-electron chi connectivity index (χ2n) is 16.0. The summed E-state index contributed by atoms with van der Waals surface area (Å²) in [7, 11) is 0. The Bertz CT molecular complexity index is 2320. The van der Waals surface area contributed by atoms with Crippen LogP contribution in [0.3, 0.4) is 0 Å². The van der Waals surface area contributed by atoms with Gasteiger partial charge in [-0.25, -0.2) is 0 Å². The largest absolute Gasteiger partial charge is 0.472 e. The van der Waals surface area contributed by atoms with Gasteiger partial charge in [-0.15, -0.1) is 23.5 Å². The lowest BCUT2D eigenvalue weighted by molar-refractivity contribution is -0.137. The topological polar surface area (TPSA) is 12.5 Å². The van der Waals surface area contributed by atoms with Gasteiger partial charge in [-0.2, -0.15) is 24.9 Å². The van der Waals surface area contributed by atoms with Crippen molar-refractivity contribution in [3.8, 4) is 16.9 Å². The molecule has 5 aromatic carbocycles. The first-order chi connectivity index (χ1) is 27.1. The highest BCUT2D eigenvalue weighted by molar-refractivity contribution is 8.01. The van der Waals surface area contributed by atoms with Crippen molar-refractivity contribution in [1.29, 1.82) is 0 Å². The van der Waals surface area contributed by atoms with Gasteiger partial charge in [0.25, 0.3) is 0 Å². The van der Waals surface area contributed by atoms with Gasteiger partial charge in [0.1, 0.15) is 5.75 Å². The summed E-state index contributed by atoms with van der Waals surface area (Å²) in [5, 5.41) is 2.06. The molecule has 1 spiro atoms. The lowest BCUT2D eigenvalue weighted by atomic mass is 9.58. The van der Waals surface area contributed by atoms with Crippen LogP contribution in [0.15, 0.2) is 101 Å². The number of rotatable bonds is 7. The molecular formula is C48H48F3NOS3. The van der Waals surface area contributed by atoms with Crippen LogP contribution in [0.25, 0.3) is 28.0 Å². The minimum Gasteiger partial charge on any atom is -0.472 e. The van der Waals surface area contributed by atoms with Gasteiger partial charge in [0.2, 0.25) is 0 Å². The zero-order valence-electron chi connectivity index (χ0n) is 32.5. The number of fused-ring (bicyclic) bond motifs is 10. The van der Waals surface area contributed by atoms with Gasteiger partial charge in [-0.3, -0.25) is 0 Å². The smallest absolute Gasteiger partial charge is 0.416 e. The molecule has 8 heteroatoms. The number of hydrogen-bond acceptors (Lipinski definition) is 5. The normalized spacial score (nSPS) is 20.8. The monoisotopic (exact) mass is 807 g/mol. The van der Waals surface area contributed by atoms with E-state index in [4.69, 9.17) is 4.74 Å². The van der Waals surface area contributed by atoms with Gasteiger partial charge in [-0.05, 0) is 114 Å². The molecule has 0 radical (unpaired) electrons. The quantitative estimate of drug-likeness (QED) is 0.151. The molecular weight excluding hydrogens is 760 g/mol. The maximum atomic E-state index is 14.6. The van der Waals surface area contributed by atoms with Crippen molar-refractivity contribution in [2.24, 2.45) is 5.41 Å². The first kappa shape index (κ1) is 38.1. The van der Waals surface area contributed by atoms with Crippen molar-refractivity contribution in [2.75, 3.05) is 42.0 Å². The molecule has 0 bridgehead atoms. The molecule has 0 amide bonds. The third kappa shape index (κ3) is 5.94. The van der Waals surface area contributed by atoms with E-state index in [0.29, 0.717) is 0 Å². The average molecular weight is 808 g/mol. The molecule has 9 rings (SSSR count). The van der Waals surface area contributed by atoms with E-state index in [-0.39, 0.29) is 5.41 Å². The van der Waals surface area contributed by atoms with Crippen LogP contribution in [0.2, 0.25) is 0 Å². The number of thioether (sulfide) groups is 3. The van der Waals surface area contributed by atoms with E-state index in [0.717, 1.165) is 128 Å². The van der Waals surface area contributed by atoms with E-state index in [1.54, 1.807) is 29.6 Å².